The SMILES string of the molecule is O=C(CCCCO)N1CCC(Oc2ccccc2)CC1. The lowest BCUT2D eigenvalue weighted by atomic mass is 10.1. The molecular formula is C16H23NO3. The zero-order valence-corrected chi connectivity index (χ0v) is 11.8. The van der Waals surface area contributed by atoms with Gasteiger partial charge in [0.25, 0.3) is 0 Å². The maximum atomic E-state index is 11.9. The summed E-state index contributed by atoms with van der Waals surface area (Å²) < 4.78 is 5.91. The van der Waals surface area contributed by atoms with Gasteiger partial charge in [0.1, 0.15) is 11.9 Å². The Kier molecular flexibility index (Phi) is 5.87. The van der Waals surface area contributed by atoms with E-state index < -0.39 is 0 Å². The van der Waals surface area contributed by atoms with E-state index in [0.29, 0.717) is 12.8 Å². The molecule has 20 heavy (non-hydrogen) atoms. The minimum Gasteiger partial charge on any atom is -0.490 e. The number of aliphatic hydroxyl groups excluding tert-OH is 1. The van der Waals surface area contributed by atoms with E-state index in [-0.39, 0.29) is 18.6 Å². The first kappa shape index (κ1) is 14.9. The molecule has 1 fully saturated rings. The zero-order valence-electron chi connectivity index (χ0n) is 11.8. The number of carbonyl (C=O) groups excluding carboxylic acids is 1. The molecule has 0 bridgehead atoms. The Balaban J connectivity index is 1.71. The highest BCUT2D eigenvalue weighted by molar-refractivity contribution is 5.76. The Hall–Kier alpha value is -1.55. The van der Waals surface area contributed by atoms with Gasteiger partial charge in [0.05, 0.1) is 0 Å². The molecule has 0 atom stereocenters. The summed E-state index contributed by atoms with van der Waals surface area (Å²) in [6.07, 6.45) is 4.01. The molecule has 2 rings (SSSR count). The number of hydrogen-bond donors (Lipinski definition) is 1. The fraction of sp³-hybridized carbons (Fsp3) is 0.562. The van der Waals surface area contributed by atoms with Crippen molar-refractivity contribution in [2.75, 3.05) is 19.7 Å². The van der Waals surface area contributed by atoms with Crippen LogP contribution in [0.5, 0.6) is 5.75 Å². The molecule has 1 N–H and O–H groups in total. The number of likely N-dealkylation sites (tertiary alicyclic amines) is 1. The number of nitrogens with zero attached hydrogens (tertiary/aromatic N) is 1. The van der Waals surface area contributed by atoms with Crippen LogP contribution in [0, 0.1) is 0 Å². The summed E-state index contributed by atoms with van der Waals surface area (Å²) in [7, 11) is 0. The van der Waals surface area contributed by atoms with Gasteiger partial charge in [0.15, 0.2) is 0 Å². The van der Waals surface area contributed by atoms with Crippen LogP contribution in [0.25, 0.3) is 0 Å². The second-order valence-corrected chi connectivity index (χ2v) is 5.19. The number of piperidine rings is 1. The standard InChI is InChI=1S/C16H23NO3/c18-13-5-4-8-16(19)17-11-9-15(10-12-17)20-14-6-2-1-3-7-14/h1-3,6-7,15,18H,4-5,8-13H2. The van der Waals surface area contributed by atoms with Crippen LogP contribution in [0.2, 0.25) is 0 Å². The molecule has 0 spiro atoms. The Bertz CT molecular complexity index is 399. The second kappa shape index (κ2) is 7.90. The Labute approximate surface area is 120 Å². The molecule has 1 amide bonds. The van der Waals surface area contributed by atoms with Crippen LogP contribution in [-0.2, 0) is 4.79 Å². The first-order chi connectivity index (χ1) is 9.79. The normalized spacial score (nSPS) is 16.1. The van der Waals surface area contributed by atoms with Crippen LogP contribution < -0.4 is 4.74 Å². The van der Waals surface area contributed by atoms with Crippen molar-refractivity contribution in [3.05, 3.63) is 30.3 Å². The van der Waals surface area contributed by atoms with Crippen LogP contribution >= 0.6 is 0 Å². The van der Waals surface area contributed by atoms with Gasteiger partial charge in [0.2, 0.25) is 5.91 Å². The van der Waals surface area contributed by atoms with Gasteiger partial charge >= 0.3 is 0 Å². The minimum absolute atomic E-state index is 0.167. The summed E-state index contributed by atoms with van der Waals surface area (Å²) in [6.45, 7) is 1.71. The number of carbonyl (C=O) groups is 1. The van der Waals surface area contributed by atoms with Gasteiger partial charge in [-0.2, -0.15) is 0 Å². The zero-order chi connectivity index (χ0) is 14.2. The maximum absolute atomic E-state index is 11.9. The first-order valence-corrected chi connectivity index (χ1v) is 7.40. The van der Waals surface area contributed by atoms with Crippen molar-refractivity contribution in [2.45, 2.75) is 38.2 Å². The quantitative estimate of drug-likeness (QED) is 0.811. The molecule has 1 aromatic carbocycles. The predicted octanol–water partition coefficient (Wildman–Crippen LogP) is 2.22. The number of amides is 1. The van der Waals surface area contributed by atoms with E-state index in [2.05, 4.69) is 0 Å². The fourth-order valence-corrected chi connectivity index (χ4v) is 2.46. The molecule has 1 aliphatic rings. The number of hydrogen-bond acceptors (Lipinski definition) is 3. The lowest BCUT2D eigenvalue weighted by molar-refractivity contribution is -0.133. The Morgan fingerprint density at radius 2 is 1.90 bits per heavy atom. The van der Waals surface area contributed by atoms with Crippen LogP contribution in [-0.4, -0.2) is 41.7 Å². The van der Waals surface area contributed by atoms with E-state index in [1.165, 1.54) is 0 Å². The van der Waals surface area contributed by atoms with E-state index in [4.69, 9.17) is 9.84 Å². The van der Waals surface area contributed by atoms with E-state index in [1.807, 2.05) is 35.2 Å². The number of aliphatic hydroxyl groups is 1. The smallest absolute Gasteiger partial charge is 0.222 e. The van der Waals surface area contributed by atoms with Crippen LogP contribution in [0.1, 0.15) is 32.1 Å². The largest absolute Gasteiger partial charge is 0.490 e. The monoisotopic (exact) mass is 277 g/mol. The Morgan fingerprint density at radius 3 is 2.55 bits per heavy atom. The molecule has 0 radical (unpaired) electrons. The fourth-order valence-electron chi connectivity index (χ4n) is 2.46. The van der Waals surface area contributed by atoms with Gasteiger partial charge in [0, 0.05) is 39.0 Å². The molecule has 4 nitrogen and oxygen atoms in total. The van der Waals surface area contributed by atoms with Crippen molar-refractivity contribution in [3.8, 4) is 5.75 Å². The average molecular weight is 277 g/mol. The molecule has 0 unspecified atom stereocenters. The molecule has 0 saturated carbocycles. The molecule has 1 saturated heterocycles. The summed E-state index contributed by atoms with van der Waals surface area (Å²) >= 11 is 0. The molecule has 110 valence electrons. The van der Waals surface area contributed by atoms with E-state index in [0.717, 1.165) is 38.1 Å². The lowest BCUT2D eigenvalue weighted by Crippen LogP contribution is -2.41. The van der Waals surface area contributed by atoms with Gasteiger partial charge in [-0.15, -0.1) is 0 Å². The number of unbranched alkanes of at least 4 members (excludes halogenated alkanes) is 1. The molecule has 1 aromatic rings. The summed E-state index contributed by atoms with van der Waals surface area (Å²) in [5, 5.41) is 8.72. The topological polar surface area (TPSA) is 49.8 Å². The second-order valence-electron chi connectivity index (χ2n) is 5.19. The molecule has 0 aliphatic carbocycles. The molecule has 1 aliphatic heterocycles. The van der Waals surface area contributed by atoms with Crippen LogP contribution in [0.3, 0.4) is 0 Å². The molecule has 1 heterocycles. The first-order valence-electron chi connectivity index (χ1n) is 7.40. The van der Waals surface area contributed by atoms with Gasteiger partial charge in [-0.3, -0.25) is 4.79 Å². The predicted molar refractivity (Wildman–Crippen MR) is 77.6 cm³/mol. The van der Waals surface area contributed by atoms with Gasteiger partial charge in [-0.05, 0) is 25.0 Å². The van der Waals surface area contributed by atoms with Crippen LogP contribution in [0.15, 0.2) is 30.3 Å². The van der Waals surface area contributed by atoms with E-state index >= 15 is 0 Å². The highest BCUT2D eigenvalue weighted by Crippen LogP contribution is 2.19. The van der Waals surface area contributed by atoms with Gasteiger partial charge < -0.3 is 14.7 Å². The maximum Gasteiger partial charge on any atom is 0.222 e. The molecular weight excluding hydrogens is 254 g/mol. The number of benzene rings is 1. The van der Waals surface area contributed by atoms with Crippen LogP contribution in [0.4, 0.5) is 0 Å². The summed E-state index contributed by atoms with van der Waals surface area (Å²) in [5.74, 6) is 1.11. The highest BCUT2D eigenvalue weighted by atomic mass is 16.5. The number of ether oxygens (including phenoxy) is 1. The van der Waals surface area contributed by atoms with Crippen molar-refractivity contribution in [2.24, 2.45) is 0 Å². The van der Waals surface area contributed by atoms with Gasteiger partial charge in [-0.25, -0.2) is 0 Å². The van der Waals surface area contributed by atoms with E-state index in [9.17, 15) is 4.79 Å². The van der Waals surface area contributed by atoms with Crippen molar-refractivity contribution in [1.29, 1.82) is 0 Å². The minimum atomic E-state index is 0.167. The molecule has 0 aromatic heterocycles. The molecule has 4 heteroatoms. The highest BCUT2D eigenvalue weighted by Gasteiger charge is 2.23. The van der Waals surface area contributed by atoms with Crippen molar-refractivity contribution >= 4 is 5.91 Å². The third-order valence-corrected chi connectivity index (χ3v) is 3.64. The number of rotatable bonds is 6. The third kappa shape index (κ3) is 4.53. The number of para-hydroxylation sites is 1. The van der Waals surface area contributed by atoms with Crippen molar-refractivity contribution in [1.82, 2.24) is 4.90 Å². The Morgan fingerprint density at radius 1 is 1.20 bits per heavy atom. The van der Waals surface area contributed by atoms with Crippen molar-refractivity contribution in [3.63, 3.8) is 0 Å². The lowest BCUT2D eigenvalue weighted by Gasteiger charge is -2.32. The summed E-state index contributed by atoms with van der Waals surface area (Å²) in [4.78, 5) is 13.9. The van der Waals surface area contributed by atoms with Gasteiger partial charge in [-0.1, -0.05) is 18.2 Å². The van der Waals surface area contributed by atoms with E-state index in [1.54, 1.807) is 0 Å². The van der Waals surface area contributed by atoms with Crippen molar-refractivity contribution < 1.29 is 14.6 Å². The average Bonchev–Trinajstić information content (AvgIpc) is 2.49. The summed E-state index contributed by atoms with van der Waals surface area (Å²) in [6, 6.07) is 9.84. The summed E-state index contributed by atoms with van der Waals surface area (Å²) in [5.41, 5.74) is 0. The third-order valence-electron chi connectivity index (χ3n) is 3.64.